The van der Waals surface area contributed by atoms with E-state index < -0.39 is 0 Å². The summed E-state index contributed by atoms with van der Waals surface area (Å²) >= 11 is 0. The fourth-order valence-corrected chi connectivity index (χ4v) is 1.74. The Balaban J connectivity index is 1.99. The molecule has 0 aliphatic carbocycles. The van der Waals surface area contributed by atoms with E-state index in [4.69, 9.17) is 0 Å². The fourth-order valence-electron chi connectivity index (χ4n) is 1.74. The highest BCUT2D eigenvalue weighted by Crippen LogP contribution is 2.20. The van der Waals surface area contributed by atoms with Crippen LogP contribution in [0.4, 0.5) is 17.5 Å². The van der Waals surface area contributed by atoms with Crippen molar-refractivity contribution in [3.05, 3.63) is 36.7 Å². The quantitative estimate of drug-likeness (QED) is 0.653. The molecule has 0 aliphatic heterocycles. The first-order chi connectivity index (χ1) is 8.86. The minimum Gasteiger partial charge on any atom is -0.371 e. The molecular weight excluding hydrogens is 228 g/mol. The van der Waals surface area contributed by atoms with Gasteiger partial charge in [-0.3, -0.25) is 0 Å². The Hall–Kier alpha value is -2.63. The average Bonchev–Trinajstić information content (AvgIpc) is 2.82. The number of imidazole rings is 1. The predicted molar refractivity (Wildman–Crippen MR) is 71.0 cm³/mol. The number of para-hydroxylation sites is 1. The summed E-state index contributed by atoms with van der Waals surface area (Å²) in [6.45, 7) is 0. The van der Waals surface area contributed by atoms with Crippen molar-refractivity contribution in [2.75, 3.05) is 17.7 Å². The molecule has 6 heteroatoms. The van der Waals surface area contributed by atoms with Gasteiger partial charge in [-0.15, -0.1) is 0 Å². The number of hydrogen-bond donors (Lipinski definition) is 3. The molecule has 2 heterocycles. The fraction of sp³-hybridized carbons (Fsp3) is 0.0833. The highest BCUT2D eigenvalue weighted by atomic mass is 15.2. The van der Waals surface area contributed by atoms with Gasteiger partial charge < -0.3 is 15.6 Å². The summed E-state index contributed by atoms with van der Waals surface area (Å²) in [4.78, 5) is 15.8. The van der Waals surface area contributed by atoms with Crippen LogP contribution in [-0.2, 0) is 0 Å². The van der Waals surface area contributed by atoms with Crippen LogP contribution in [0.15, 0.2) is 36.7 Å². The Morgan fingerprint density at radius 2 is 1.94 bits per heavy atom. The minimum atomic E-state index is 0.632. The summed E-state index contributed by atoms with van der Waals surface area (Å²) < 4.78 is 0. The normalized spacial score (nSPS) is 10.5. The summed E-state index contributed by atoms with van der Waals surface area (Å²) in [5.41, 5.74) is 2.39. The molecule has 6 nitrogen and oxygen atoms in total. The third kappa shape index (κ3) is 1.84. The number of H-pyrrole nitrogens is 1. The van der Waals surface area contributed by atoms with E-state index in [1.54, 1.807) is 0 Å². The average molecular weight is 240 g/mol. The van der Waals surface area contributed by atoms with Crippen LogP contribution >= 0.6 is 0 Å². The van der Waals surface area contributed by atoms with E-state index in [1.807, 2.05) is 37.4 Å². The zero-order valence-electron chi connectivity index (χ0n) is 9.81. The van der Waals surface area contributed by atoms with E-state index in [0.717, 1.165) is 17.0 Å². The van der Waals surface area contributed by atoms with Crippen molar-refractivity contribution in [1.82, 2.24) is 19.9 Å². The van der Waals surface area contributed by atoms with Gasteiger partial charge in [0, 0.05) is 12.7 Å². The predicted octanol–water partition coefficient (Wildman–Crippen LogP) is 2.14. The summed E-state index contributed by atoms with van der Waals surface area (Å²) in [5, 5.41) is 6.18. The molecule has 0 fully saturated rings. The van der Waals surface area contributed by atoms with Crippen molar-refractivity contribution in [1.29, 1.82) is 0 Å². The van der Waals surface area contributed by atoms with E-state index in [9.17, 15) is 0 Å². The van der Waals surface area contributed by atoms with Crippen LogP contribution in [0.1, 0.15) is 0 Å². The maximum atomic E-state index is 4.36. The number of nitrogens with zero attached hydrogens (tertiary/aromatic N) is 3. The topological polar surface area (TPSA) is 78.5 Å². The van der Waals surface area contributed by atoms with Crippen LogP contribution in [0.25, 0.3) is 11.2 Å². The molecule has 1 aromatic carbocycles. The van der Waals surface area contributed by atoms with Crippen molar-refractivity contribution in [2.45, 2.75) is 0 Å². The highest BCUT2D eigenvalue weighted by Gasteiger charge is 2.08. The second kappa shape index (κ2) is 4.33. The maximum absolute atomic E-state index is 4.36. The molecule has 18 heavy (non-hydrogen) atoms. The van der Waals surface area contributed by atoms with Gasteiger partial charge in [0.05, 0.1) is 0 Å². The van der Waals surface area contributed by atoms with Crippen molar-refractivity contribution in [3.63, 3.8) is 0 Å². The van der Waals surface area contributed by atoms with E-state index >= 15 is 0 Å². The number of fused-ring (bicyclic) bond motifs is 1. The number of hydrogen-bond acceptors (Lipinski definition) is 5. The van der Waals surface area contributed by atoms with Gasteiger partial charge in [-0.05, 0) is 12.1 Å². The van der Waals surface area contributed by atoms with Crippen LogP contribution in [0.5, 0.6) is 0 Å². The van der Waals surface area contributed by atoms with Gasteiger partial charge in [-0.1, -0.05) is 18.2 Å². The van der Waals surface area contributed by atoms with Crippen LogP contribution in [0.2, 0.25) is 0 Å². The second-order valence-corrected chi connectivity index (χ2v) is 3.75. The Morgan fingerprint density at radius 1 is 1.11 bits per heavy atom. The number of anilines is 3. The molecular formula is C12H12N6. The van der Waals surface area contributed by atoms with Crippen LogP contribution in [0.3, 0.4) is 0 Å². The van der Waals surface area contributed by atoms with E-state index in [1.165, 1.54) is 6.33 Å². The molecule has 3 N–H and O–H groups in total. The lowest BCUT2D eigenvalue weighted by atomic mass is 10.3. The lowest BCUT2D eigenvalue weighted by Gasteiger charge is -2.00. The van der Waals surface area contributed by atoms with Crippen molar-refractivity contribution in [3.8, 4) is 0 Å². The summed E-state index contributed by atoms with van der Waals surface area (Å²) in [6, 6.07) is 9.83. The van der Waals surface area contributed by atoms with Crippen molar-refractivity contribution >= 4 is 28.6 Å². The number of nitrogens with one attached hydrogen (secondary N) is 3. The molecule has 0 radical (unpaired) electrons. The Bertz CT molecular complexity index is 661. The van der Waals surface area contributed by atoms with Crippen molar-refractivity contribution < 1.29 is 0 Å². The van der Waals surface area contributed by atoms with Crippen LogP contribution < -0.4 is 10.6 Å². The van der Waals surface area contributed by atoms with Gasteiger partial charge in [-0.2, -0.15) is 4.98 Å². The number of rotatable bonds is 3. The molecule has 0 atom stereocenters. The van der Waals surface area contributed by atoms with E-state index in [0.29, 0.717) is 11.6 Å². The number of benzene rings is 1. The molecule has 0 bridgehead atoms. The third-order valence-electron chi connectivity index (χ3n) is 2.56. The summed E-state index contributed by atoms with van der Waals surface area (Å²) in [7, 11) is 1.81. The van der Waals surface area contributed by atoms with E-state index in [2.05, 4.69) is 30.6 Å². The molecule has 0 saturated carbocycles. The molecule has 90 valence electrons. The molecule has 2 aromatic heterocycles. The Kier molecular flexibility index (Phi) is 2.53. The van der Waals surface area contributed by atoms with Gasteiger partial charge in [0.1, 0.15) is 11.8 Å². The molecule has 0 aliphatic rings. The molecule has 0 amide bonds. The molecule has 3 rings (SSSR count). The monoisotopic (exact) mass is 240 g/mol. The maximum Gasteiger partial charge on any atom is 0.207 e. The van der Waals surface area contributed by atoms with Crippen molar-refractivity contribution in [2.24, 2.45) is 0 Å². The molecule has 3 aromatic rings. The van der Waals surface area contributed by atoms with Crippen LogP contribution in [-0.4, -0.2) is 27.0 Å². The second-order valence-electron chi connectivity index (χ2n) is 3.75. The van der Waals surface area contributed by atoms with Gasteiger partial charge in [-0.25, -0.2) is 9.97 Å². The zero-order chi connectivity index (χ0) is 12.4. The molecule has 0 unspecified atom stereocenters. The van der Waals surface area contributed by atoms with Gasteiger partial charge in [0.15, 0.2) is 11.5 Å². The Morgan fingerprint density at radius 3 is 2.72 bits per heavy atom. The minimum absolute atomic E-state index is 0.632. The first-order valence-electron chi connectivity index (χ1n) is 5.57. The lowest BCUT2D eigenvalue weighted by molar-refractivity contribution is 1.19. The lowest BCUT2D eigenvalue weighted by Crippen LogP contribution is -1.94. The van der Waals surface area contributed by atoms with Gasteiger partial charge >= 0.3 is 0 Å². The number of aromatic nitrogens is 4. The number of aromatic amines is 1. The Labute approximate surface area is 104 Å². The van der Waals surface area contributed by atoms with E-state index in [-0.39, 0.29) is 0 Å². The highest BCUT2D eigenvalue weighted by molar-refractivity contribution is 5.84. The van der Waals surface area contributed by atoms with Gasteiger partial charge in [0.2, 0.25) is 5.95 Å². The van der Waals surface area contributed by atoms with Gasteiger partial charge in [0.25, 0.3) is 0 Å². The molecule has 0 spiro atoms. The largest absolute Gasteiger partial charge is 0.371 e. The first-order valence-corrected chi connectivity index (χ1v) is 5.57. The third-order valence-corrected chi connectivity index (χ3v) is 2.56. The summed E-state index contributed by atoms with van der Waals surface area (Å²) in [6.07, 6.45) is 1.49. The first kappa shape index (κ1) is 10.5. The summed E-state index contributed by atoms with van der Waals surface area (Å²) in [5.74, 6) is 1.38. The van der Waals surface area contributed by atoms with Crippen LogP contribution in [0, 0.1) is 0 Å². The molecule has 0 saturated heterocycles. The SMILES string of the molecule is CNc1ncnc2nc(Nc3ccccc3)[nH]c12. The standard InChI is InChI=1S/C12H12N6/c1-13-10-9-11(15-7-14-10)18-12(17-9)16-8-5-3-2-4-6-8/h2-7H,1H3,(H3,13,14,15,16,17,18). The zero-order valence-corrected chi connectivity index (χ0v) is 9.81. The smallest absolute Gasteiger partial charge is 0.207 e.